The number of ether oxygens (including phenoxy) is 1. The molecule has 1 N–H and O–H groups in total. The normalized spacial score (nSPS) is 11.3. The van der Waals surface area contributed by atoms with Crippen LogP contribution in [0.1, 0.15) is 30.9 Å². The number of aryl methyl sites for hydroxylation is 1. The number of aliphatic imine (C=N–C) groups is 1. The van der Waals surface area contributed by atoms with E-state index in [9.17, 15) is 0 Å². The van der Waals surface area contributed by atoms with Crippen molar-refractivity contribution in [1.82, 2.24) is 10.2 Å². The second-order valence-electron chi connectivity index (χ2n) is 4.98. The number of benzene rings is 1. The predicted octanol–water partition coefficient (Wildman–Crippen LogP) is 2.81. The van der Waals surface area contributed by atoms with Gasteiger partial charge in [0.1, 0.15) is 5.75 Å². The Morgan fingerprint density at radius 2 is 2.15 bits per heavy atom. The molecular formula is C16H27N3O. The maximum atomic E-state index is 5.35. The lowest BCUT2D eigenvalue weighted by atomic mass is 10.1. The molecule has 0 unspecified atom stereocenters. The van der Waals surface area contributed by atoms with Gasteiger partial charge in [-0.25, -0.2) is 0 Å². The molecule has 0 saturated carbocycles. The van der Waals surface area contributed by atoms with Crippen LogP contribution in [0.15, 0.2) is 23.2 Å². The van der Waals surface area contributed by atoms with Crippen molar-refractivity contribution in [2.45, 2.75) is 33.2 Å². The van der Waals surface area contributed by atoms with Crippen LogP contribution in [0, 0.1) is 6.92 Å². The second-order valence-corrected chi connectivity index (χ2v) is 4.98. The molecule has 4 nitrogen and oxygen atoms in total. The fraction of sp³-hybridized carbons (Fsp3) is 0.562. The Morgan fingerprint density at radius 1 is 1.40 bits per heavy atom. The van der Waals surface area contributed by atoms with Crippen LogP contribution >= 0.6 is 0 Å². The summed E-state index contributed by atoms with van der Waals surface area (Å²) in [7, 11) is 5.60. The predicted molar refractivity (Wildman–Crippen MR) is 85.5 cm³/mol. The highest BCUT2D eigenvalue weighted by Gasteiger charge is 2.06. The van der Waals surface area contributed by atoms with E-state index in [-0.39, 0.29) is 0 Å². The van der Waals surface area contributed by atoms with E-state index >= 15 is 0 Å². The average molecular weight is 277 g/mol. The average Bonchev–Trinajstić information content (AvgIpc) is 2.47. The Hall–Kier alpha value is -1.71. The number of hydrogen-bond acceptors (Lipinski definition) is 2. The second kappa shape index (κ2) is 8.46. The standard InChI is InChI=1S/C16H27N3O/c1-6-7-10-19(4)16(17-3)18-12-14-9-8-13(2)15(11-14)20-5/h8-9,11H,6-7,10,12H2,1-5H3,(H,17,18). The van der Waals surface area contributed by atoms with Gasteiger partial charge in [-0.15, -0.1) is 0 Å². The summed E-state index contributed by atoms with van der Waals surface area (Å²) in [5, 5.41) is 3.39. The molecule has 0 bridgehead atoms. The Morgan fingerprint density at radius 3 is 2.75 bits per heavy atom. The molecule has 0 aromatic heterocycles. The fourth-order valence-electron chi connectivity index (χ4n) is 2.04. The van der Waals surface area contributed by atoms with Crippen LogP contribution in [-0.2, 0) is 6.54 Å². The molecule has 112 valence electrons. The van der Waals surface area contributed by atoms with E-state index in [0.29, 0.717) is 0 Å². The largest absolute Gasteiger partial charge is 0.496 e. The van der Waals surface area contributed by atoms with Crippen molar-refractivity contribution in [1.29, 1.82) is 0 Å². The molecule has 0 saturated heterocycles. The van der Waals surface area contributed by atoms with Crippen molar-refractivity contribution in [2.24, 2.45) is 4.99 Å². The van der Waals surface area contributed by atoms with E-state index in [2.05, 4.69) is 47.4 Å². The van der Waals surface area contributed by atoms with Crippen molar-refractivity contribution in [3.05, 3.63) is 29.3 Å². The highest BCUT2D eigenvalue weighted by molar-refractivity contribution is 5.79. The maximum Gasteiger partial charge on any atom is 0.193 e. The Bertz CT molecular complexity index is 443. The van der Waals surface area contributed by atoms with Gasteiger partial charge in [0.2, 0.25) is 0 Å². The zero-order chi connectivity index (χ0) is 15.0. The van der Waals surface area contributed by atoms with Gasteiger partial charge in [0.05, 0.1) is 7.11 Å². The van der Waals surface area contributed by atoms with Crippen molar-refractivity contribution in [3.8, 4) is 5.75 Å². The molecule has 0 radical (unpaired) electrons. The van der Waals surface area contributed by atoms with E-state index in [1.54, 1.807) is 7.11 Å². The SMILES string of the molecule is CCCCN(C)C(=NC)NCc1ccc(C)c(OC)c1. The number of unbranched alkanes of at least 4 members (excludes halogenated alkanes) is 1. The zero-order valence-electron chi connectivity index (χ0n) is 13.4. The first-order valence-electron chi connectivity index (χ1n) is 7.17. The third-order valence-corrected chi connectivity index (χ3v) is 3.34. The van der Waals surface area contributed by atoms with Gasteiger partial charge in [-0.05, 0) is 30.5 Å². The van der Waals surface area contributed by atoms with E-state index in [0.717, 1.165) is 30.4 Å². The molecule has 0 aliphatic carbocycles. The van der Waals surface area contributed by atoms with Gasteiger partial charge in [-0.3, -0.25) is 4.99 Å². The van der Waals surface area contributed by atoms with Crippen molar-refractivity contribution < 1.29 is 4.74 Å². The van der Waals surface area contributed by atoms with Crippen LogP contribution in [0.25, 0.3) is 0 Å². The number of guanidine groups is 1. The summed E-state index contributed by atoms with van der Waals surface area (Å²) < 4.78 is 5.35. The fourth-order valence-corrected chi connectivity index (χ4v) is 2.04. The van der Waals surface area contributed by atoms with Gasteiger partial charge < -0.3 is 15.0 Å². The topological polar surface area (TPSA) is 36.9 Å². The number of nitrogens with one attached hydrogen (secondary N) is 1. The quantitative estimate of drug-likeness (QED) is 0.642. The third kappa shape index (κ3) is 4.76. The minimum atomic E-state index is 0.750. The number of methoxy groups -OCH3 is 1. The summed E-state index contributed by atoms with van der Waals surface area (Å²) in [5.74, 6) is 1.86. The first-order valence-corrected chi connectivity index (χ1v) is 7.17. The number of rotatable bonds is 6. The van der Waals surface area contributed by atoms with Crippen molar-refractivity contribution >= 4 is 5.96 Å². The van der Waals surface area contributed by atoms with E-state index in [1.807, 2.05) is 14.0 Å². The van der Waals surface area contributed by atoms with Crippen LogP contribution in [0.4, 0.5) is 0 Å². The van der Waals surface area contributed by atoms with E-state index < -0.39 is 0 Å². The minimum Gasteiger partial charge on any atom is -0.496 e. The maximum absolute atomic E-state index is 5.35. The summed E-state index contributed by atoms with van der Waals surface area (Å²) in [6.45, 7) is 6.02. The van der Waals surface area contributed by atoms with Crippen LogP contribution < -0.4 is 10.1 Å². The molecule has 4 heteroatoms. The monoisotopic (exact) mass is 277 g/mol. The highest BCUT2D eigenvalue weighted by Crippen LogP contribution is 2.18. The van der Waals surface area contributed by atoms with Gasteiger partial charge in [-0.2, -0.15) is 0 Å². The Balaban J connectivity index is 2.60. The van der Waals surface area contributed by atoms with Gasteiger partial charge in [0.25, 0.3) is 0 Å². The van der Waals surface area contributed by atoms with E-state index in [1.165, 1.54) is 18.4 Å². The van der Waals surface area contributed by atoms with Crippen molar-refractivity contribution in [3.63, 3.8) is 0 Å². The Labute approximate surface area is 122 Å². The number of hydrogen-bond donors (Lipinski definition) is 1. The molecule has 1 aromatic carbocycles. The zero-order valence-corrected chi connectivity index (χ0v) is 13.4. The summed E-state index contributed by atoms with van der Waals surface area (Å²) in [6, 6.07) is 6.27. The molecule has 0 spiro atoms. The van der Waals surface area contributed by atoms with Gasteiger partial charge in [0, 0.05) is 27.2 Å². The molecule has 0 fully saturated rings. The van der Waals surface area contributed by atoms with Crippen LogP contribution in [0.2, 0.25) is 0 Å². The van der Waals surface area contributed by atoms with Crippen LogP contribution in [0.3, 0.4) is 0 Å². The van der Waals surface area contributed by atoms with E-state index in [4.69, 9.17) is 4.74 Å². The highest BCUT2D eigenvalue weighted by atomic mass is 16.5. The van der Waals surface area contributed by atoms with Gasteiger partial charge in [-0.1, -0.05) is 25.5 Å². The van der Waals surface area contributed by atoms with Gasteiger partial charge in [0.15, 0.2) is 5.96 Å². The molecule has 0 amide bonds. The third-order valence-electron chi connectivity index (χ3n) is 3.34. The minimum absolute atomic E-state index is 0.750. The molecular weight excluding hydrogens is 250 g/mol. The Kier molecular flexibility index (Phi) is 6.91. The smallest absolute Gasteiger partial charge is 0.193 e. The van der Waals surface area contributed by atoms with Crippen LogP contribution in [0.5, 0.6) is 5.75 Å². The molecule has 0 aliphatic heterocycles. The molecule has 0 heterocycles. The molecule has 0 atom stereocenters. The van der Waals surface area contributed by atoms with Crippen molar-refractivity contribution in [2.75, 3.05) is 27.7 Å². The summed E-state index contributed by atoms with van der Waals surface area (Å²) in [6.07, 6.45) is 2.37. The summed E-state index contributed by atoms with van der Waals surface area (Å²) in [4.78, 5) is 6.48. The lowest BCUT2D eigenvalue weighted by Crippen LogP contribution is -2.38. The van der Waals surface area contributed by atoms with Gasteiger partial charge >= 0.3 is 0 Å². The first-order chi connectivity index (χ1) is 9.62. The number of nitrogens with zero attached hydrogens (tertiary/aromatic N) is 2. The van der Waals surface area contributed by atoms with Crippen LogP contribution in [-0.4, -0.2) is 38.6 Å². The lowest BCUT2D eigenvalue weighted by molar-refractivity contribution is 0.411. The first kappa shape index (κ1) is 16.3. The summed E-state index contributed by atoms with van der Waals surface area (Å²) in [5.41, 5.74) is 2.35. The summed E-state index contributed by atoms with van der Waals surface area (Å²) >= 11 is 0. The molecule has 0 aliphatic rings. The molecule has 20 heavy (non-hydrogen) atoms. The lowest BCUT2D eigenvalue weighted by Gasteiger charge is -2.22. The molecule has 1 aromatic rings. The molecule has 1 rings (SSSR count).